The molecule has 1 atom stereocenters. The molecule has 0 saturated carbocycles. The lowest BCUT2D eigenvalue weighted by atomic mass is 10.0. The maximum atomic E-state index is 12.0. The number of hydrogen-bond donors (Lipinski definition) is 1. The molecule has 0 aromatic rings. The first-order valence-corrected chi connectivity index (χ1v) is 6.91. The number of unbranched alkanes of at least 4 members (excludes halogenated alkanes) is 1. The number of halogens is 3. The summed E-state index contributed by atoms with van der Waals surface area (Å²) in [6.07, 6.45) is -2.67. The summed E-state index contributed by atoms with van der Waals surface area (Å²) in [4.78, 5) is 2.31. The van der Waals surface area contributed by atoms with Gasteiger partial charge in [-0.15, -0.1) is 0 Å². The zero-order chi connectivity index (χ0) is 13.6. The van der Waals surface area contributed by atoms with Crippen molar-refractivity contribution in [2.24, 2.45) is 5.92 Å². The van der Waals surface area contributed by atoms with Crippen LogP contribution in [0.2, 0.25) is 0 Å². The minimum absolute atomic E-state index is 0.250. The number of nitrogens with one attached hydrogen (secondary N) is 1. The second-order valence-corrected chi connectivity index (χ2v) is 5.53. The van der Waals surface area contributed by atoms with Crippen LogP contribution in [0.4, 0.5) is 13.2 Å². The highest BCUT2D eigenvalue weighted by molar-refractivity contribution is 4.78. The highest BCUT2D eigenvalue weighted by Gasteiger charge is 2.26. The third-order valence-corrected chi connectivity index (χ3v) is 3.50. The molecule has 1 N–H and O–H groups in total. The Bertz CT molecular complexity index is 229. The lowest BCUT2D eigenvalue weighted by molar-refractivity contribution is -0.135. The van der Waals surface area contributed by atoms with Gasteiger partial charge in [0.2, 0.25) is 0 Å². The van der Waals surface area contributed by atoms with E-state index in [4.69, 9.17) is 0 Å². The highest BCUT2D eigenvalue weighted by atomic mass is 19.4. The molecular formula is C13H25F3N2. The quantitative estimate of drug-likeness (QED) is 0.769. The molecule has 0 amide bonds. The van der Waals surface area contributed by atoms with E-state index in [0.29, 0.717) is 18.4 Å². The van der Waals surface area contributed by atoms with Crippen molar-refractivity contribution >= 4 is 0 Å². The lowest BCUT2D eigenvalue weighted by Gasteiger charge is -2.26. The summed E-state index contributed by atoms with van der Waals surface area (Å²) in [5, 5.41) is 3.50. The van der Waals surface area contributed by atoms with Gasteiger partial charge in [0.25, 0.3) is 0 Å². The van der Waals surface area contributed by atoms with Gasteiger partial charge < -0.3 is 10.2 Å². The van der Waals surface area contributed by atoms with Crippen molar-refractivity contribution in [1.82, 2.24) is 10.2 Å². The third-order valence-electron chi connectivity index (χ3n) is 3.50. The Morgan fingerprint density at radius 3 is 2.61 bits per heavy atom. The van der Waals surface area contributed by atoms with Crippen LogP contribution in [0.3, 0.4) is 0 Å². The molecule has 0 aliphatic carbocycles. The molecule has 0 aromatic heterocycles. The van der Waals surface area contributed by atoms with E-state index in [1.807, 2.05) is 0 Å². The zero-order valence-electron chi connectivity index (χ0n) is 11.4. The van der Waals surface area contributed by atoms with Gasteiger partial charge in [-0.2, -0.15) is 13.2 Å². The average Bonchev–Trinajstić information content (AvgIpc) is 2.48. The van der Waals surface area contributed by atoms with Crippen molar-refractivity contribution in [2.75, 3.05) is 26.2 Å². The number of hydrogen-bond acceptors (Lipinski definition) is 2. The van der Waals surface area contributed by atoms with Crippen molar-refractivity contribution in [1.29, 1.82) is 0 Å². The van der Waals surface area contributed by atoms with E-state index < -0.39 is 12.6 Å². The van der Waals surface area contributed by atoms with Gasteiger partial charge in [0, 0.05) is 19.0 Å². The van der Waals surface area contributed by atoms with E-state index in [1.165, 1.54) is 0 Å². The van der Waals surface area contributed by atoms with Crippen LogP contribution in [-0.2, 0) is 0 Å². The van der Waals surface area contributed by atoms with Crippen molar-refractivity contribution in [3.8, 4) is 0 Å². The van der Waals surface area contributed by atoms with E-state index in [-0.39, 0.29) is 6.42 Å². The molecule has 2 nitrogen and oxygen atoms in total. The minimum Gasteiger partial charge on any atom is -0.312 e. The Labute approximate surface area is 108 Å². The molecule has 1 unspecified atom stereocenters. The fraction of sp³-hybridized carbons (Fsp3) is 1.00. The predicted octanol–water partition coefficient (Wildman–Crippen LogP) is 3.04. The molecule has 1 aliphatic heterocycles. The van der Waals surface area contributed by atoms with Crippen LogP contribution in [-0.4, -0.2) is 43.3 Å². The molecule has 1 heterocycles. The summed E-state index contributed by atoms with van der Waals surface area (Å²) in [5.41, 5.74) is 0. The minimum atomic E-state index is -4.00. The van der Waals surface area contributed by atoms with Gasteiger partial charge in [-0.05, 0) is 44.8 Å². The Balaban J connectivity index is 2.23. The monoisotopic (exact) mass is 266 g/mol. The van der Waals surface area contributed by atoms with Crippen molar-refractivity contribution in [3.05, 3.63) is 0 Å². The second kappa shape index (κ2) is 7.34. The van der Waals surface area contributed by atoms with Crippen LogP contribution in [0.25, 0.3) is 0 Å². The predicted molar refractivity (Wildman–Crippen MR) is 67.6 cm³/mol. The fourth-order valence-corrected chi connectivity index (χ4v) is 2.33. The Morgan fingerprint density at radius 2 is 2.00 bits per heavy atom. The van der Waals surface area contributed by atoms with Gasteiger partial charge >= 0.3 is 6.18 Å². The molecule has 18 heavy (non-hydrogen) atoms. The van der Waals surface area contributed by atoms with E-state index in [9.17, 15) is 13.2 Å². The molecule has 1 fully saturated rings. The average molecular weight is 266 g/mol. The molecule has 0 bridgehead atoms. The van der Waals surface area contributed by atoms with Gasteiger partial charge in [-0.25, -0.2) is 0 Å². The number of nitrogens with zero attached hydrogens (tertiary/aromatic N) is 1. The van der Waals surface area contributed by atoms with Gasteiger partial charge in [-0.1, -0.05) is 13.8 Å². The molecule has 108 valence electrons. The first-order chi connectivity index (χ1) is 8.38. The molecule has 1 rings (SSSR count). The molecule has 1 aliphatic rings. The topological polar surface area (TPSA) is 15.3 Å². The number of alkyl halides is 3. The molecule has 0 spiro atoms. The van der Waals surface area contributed by atoms with E-state index >= 15 is 0 Å². The summed E-state index contributed by atoms with van der Waals surface area (Å²) in [5.74, 6) is 0.570. The normalized spacial score (nSPS) is 23.3. The fourth-order valence-electron chi connectivity index (χ4n) is 2.33. The standard InChI is InChI=1S/C13H25F3N2/c1-11(2)12-10-18(9-5-7-17-12)8-4-3-6-13(14,15)16/h11-12,17H,3-10H2,1-2H3. The van der Waals surface area contributed by atoms with Crippen LogP contribution >= 0.6 is 0 Å². The lowest BCUT2D eigenvalue weighted by Crippen LogP contribution is -2.41. The van der Waals surface area contributed by atoms with Crippen LogP contribution in [0.5, 0.6) is 0 Å². The van der Waals surface area contributed by atoms with Crippen LogP contribution in [0, 0.1) is 5.92 Å². The van der Waals surface area contributed by atoms with Crippen LogP contribution < -0.4 is 5.32 Å². The van der Waals surface area contributed by atoms with Crippen molar-refractivity contribution < 1.29 is 13.2 Å². The maximum absolute atomic E-state index is 12.0. The van der Waals surface area contributed by atoms with Gasteiger partial charge in [0.15, 0.2) is 0 Å². The summed E-state index contributed by atoms with van der Waals surface area (Å²) >= 11 is 0. The van der Waals surface area contributed by atoms with Gasteiger partial charge in [0.1, 0.15) is 0 Å². The maximum Gasteiger partial charge on any atom is 0.389 e. The molecule has 1 saturated heterocycles. The Kier molecular flexibility index (Phi) is 6.43. The van der Waals surface area contributed by atoms with E-state index in [0.717, 1.165) is 32.6 Å². The summed E-state index contributed by atoms with van der Waals surface area (Å²) < 4.78 is 36.1. The number of rotatable bonds is 5. The highest BCUT2D eigenvalue weighted by Crippen LogP contribution is 2.22. The largest absolute Gasteiger partial charge is 0.389 e. The van der Waals surface area contributed by atoms with Crippen LogP contribution in [0.15, 0.2) is 0 Å². The Morgan fingerprint density at radius 1 is 1.28 bits per heavy atom. The van der Waals surface area contributed by atoms with Crippen molar-refractivity contribution in [2.45, 2.75) is 51.7 Å². The van der Waals surface area contributed by atoms with Crippen molar-refractivity contribution in [3.63, 3.8) is 0 Å². The first kappa shape index (κ1) is 15.8. The summed E-state index contributed by atoms with van der Waals surface area (Å²) in [6, 6.07) is 0.468. The molecule has 5 heteroatoms. The molecular weight excluding hydrogens is 241 g/mol. The third kappa shape index (κ3) is 6.59. The van der Waals surface area contributed by atoms with Crippen LogP contribution in [0.1, 0.15) is 39.5 Å². The van der Waals surface area contributed by atoms with Gasteiger partial charge in [-0.3, -0.25) is 0 Å². The zero-order valence-corrected chi connectivity index (χ0v) is 11.4. The second-order valence-electron chi connectivity index (χ2n) is 5.53. The molecule has 0 aromatic carbocycles. The first-order valence-electron chi connectivity index (χ1n) is 6.91. The van der Waals surface area contributed by atoms with Gasteiger partial charge in [0.05, 0.1) is 0 Å². The summed E-state index contributed by atoms with van der Waals surface area (Å²) in [6.45, 7) is 8.14. The van der Waals surface area contributed by atoms with E-state index in [1.54, 1.807) is 0 Å². The summed E-state index contributed by atoms with van der Waals surface area (Å²) in [7, 11) is 0. The van der Waals surface area contributed by atoms with E-state index in [2.05, 4.69) is 24.1 Å². The molecule has 0 radical (unpaired) electrons. The Hall–Kier alpha value is -0.290. The SMILES string of the molecule is CC(C)C1CN(CCCCC(F)(F)F)CCCN1. The smallest absolute Gasteiger partial charge is 0.312 e.